The molecule has 1 unspecified atom stereocenters. The number of nitrogens with zero attached hydrogens (tertiary/aromatic N) is 1. The Bertz CT molecular complexity index is 396. The molecule has 0 spiro atoms. The molecule has 1 aliphatic rings. The highest BCUT2D eigenvalue weighted by atomic mass is 35.5. The summed E-state index contributed by atoms with van der Waals surface area (Å²) in [7, 11) is 2.18. The van der Waals surface area contributed by atoms with E-state index in [9.17, 15) is 0 Å². The Morgan fingerprint density at radius 1 is 1.26 bits per heavy atom. The molecule has 106 valence electrons. The second kappa shape index (κ2) is 6.25. The molecule has 1 saturated carbocycles. The van der Waals surface area contributed by atoms with Crippen molar-refractivity contribution < 1.29 is 0 Å². The Hall–Kier alpha value is -0.570. The molecule has 1 aliphatic carbocycles. The maximum atomic E-state index is 6.42. The molecule has 1 aromatic carbocycles. The van der Waals surface area contributed by atoms with Gasteiger partial charge in [0.1, 0.15) is 0 Å². The minimum Gasteiger partial charge on any atom is -0.325 e. The molecule has 2 N–H and O–H groups in total. The summed E-state index contributed by atoms with van der Waals surface area (Å²) in [5.41, 5.74) is 7.82. The smallest absolute Gasteiger partial charge is 0.0406 e. The SMILES string of the molecule is CC(c1ccc(Cl)cc1)N(C)CCC1(N)CCCC1. The molecule has 2 nitrogen and oxygen atoms in total. The highest BCUT2D eigenvalue weighted by molar-refractivity contribution is 6.30. The van der Waals surface area contributed by atoms with E-state index in [-0.39, 0.29) is 5.54 Å². The molecule has 0 amide bonds. The summed E-state index contributed by atoms with van der Waals surface area (Å²) in [6.45, 7) is 3.29. The van der Waals surface area contributed by atoms with Crippen LogP contribution in [-0.4, -0.2) is 24.0 Å². The fourth-order valence-electron chi connectivity index (χ4n) is 2.92. The van der Waals surface area contributed by atoms with E-state index in [1.165, 1.54) is 31.2 Å². The molecule has 0 aliphatic heterocycles. The Labute approximate surface area is 121 Å². The molecular weight excluding hydrogens is 256 g/mol. The normalized spacial score (nSPS) is 19.8. The molecule has 2 rings (SSSR count). The molecule has 0 bridgehead atoms. The number of benzene rings is 1. The number of rotatable bonds is 5. The number of hydrogen-bond acceptors (Lipinski definition) is 2. The average Bonchev–Trinajstić information content (AvgIpc) is 2.83. The summed E-state index contributed by atoms with van der Waals surface area (Å²) in [6, 6.07) is 8.54. The molecule has 0 heterocycles. The zero-order chi connectivity index (χ0) is 13.9. The number of hydrogen-bond donors (Lipinski definition) is 1. The second-order valence-corrected chi connectivity index (χ2v) is 6.46. The molecule has 1 atom stereocenters. The van der Waals surface area contributed by atoms with Crippen LogP contribution in [0.4, 0.5) is 0 Å². The summed E-state index contributed by atoms with van der Waals surface area (Å²) in [6.07, 6.45) is 6.08. The van der Waals surface area contributed by atoms with Gasteiger partial charge in [-0.25, -0.2) is 0 Å². The summed E-state index contributed by atoms with van der Waals surface area (Å²) >= 11 is 5.93. The van der Waals surface area contributed by atoms with Gasteiger partial charge >= 0.3 is 0 Å². The predicted molar refractivity (Wildman–Crippen MR) is 82.5 cm³/mol. The first-order valence-electron chi connectivity index (χ1n) is 7.25. The zero-order valence-corrected chi connectivity index (χ0v) is 12.8. The van der Waals surface area contributed by atoms with Crippen LogP contribution in [0, 0.1) is 0 Å². The molecule has 3 heteroatoms. The van der Waals surface area contributed by atoms with Crippen molar-refractivity contribution in [1.82, 2.24) is 4.90 Å². The lowest BCUT2D eigenvalue weighted by Gasteiger charge is -2.30. The van der Waals surface area contributed by atoms with Gasteiger partial charge in [-0.1, -0.05) is 36.6 Å². The lowest BCUT2D eigenvalue weighted by atomic mass is 9.94. The van der Waals surface area contributed by atoms with Gasteiger partial charge in [0, 0.05) is 23.1 Å². The van der Waals surface area contributed by atoms with Crippen LogP contribution in [0.5, 0.6) is 0 Å². The molecular formula is C16H25ClN2. The van der Waals surface area contributed by atoms with Crippen molar-refractivity contribution in [3.05, 3.63) is 34.9 Å². The van der Waals surface area contributed by atoms with Crippen LogP contribution in [0.2, 0.25) is 5.02 Å². The van der Waals surface area contributed by atoms with Crippen molar-refractivity contribution in [1.29, 1.82) is 0 Å². The van der Waals surface area contributed by atoms with Crippen molar-refractivity contribution in [2.45, 2.75) is 50.6 Å². The van der Waals surface area contributed by atoms with Crippen LogP contribution < -0.4 is 5.73 Å². The van der Waals surface area contributed by atoms with E-state index in [0.29, 0.717) is 6.04 Å². The predicted octanol–water partition coefficient (Wildman–Crippen LogP) is 3.99. The standard InChI is InChI=1S/C16H25ClN2/c1-13(14-5-7-15(17)8-6-14)19(2)12-11-16(18)9-3-4-10-16/h5-8,13H,3-4,9-12,18H2,1-2H3. The highest BCUT2D eigenvalue weighted by Gasteiger charge is 2.29. The van der Waals surface area contributed by atoms with Gasteiger partial charge in [-0.3, -0.25) is 4.90 Å². The van der Waals surface area contributed by atoms with Gasteiger partial charge in [0.15, 0.2) is 0 Å². The second-order valence-electron chi connectivity index (χ2n) is 6.03. The topological polar surface area (TPSA) is 29.3 Å². The van der Waals surface area contributed by atoms with E-state index in [0.717, 1.165) is 18.0 Å². The molecule has 19 heavy (non-hydrogen) atoms. The van der Waals surface area contributed by atoms with E-state index in [4.69, 9.17) is 17.3 Å². The van der Waals surface area contributed by atoms with Gasteiger partial charge < -0.3 is 5.73 Å². The number of halogens is 1. The van der Waals surface area contributed by atoms with Gasteiger partial charge in [0.05, 0.1) is 0 Å². The third-order valence-corrected chi connectivity index (χ3v) is 4.83. The fourth-order valence-corrected chi connectivity index (χ4v) is 3.04. The summed E-state index contributed by atoms with van der Waals surface area (Å²) in [4.78, 5) is 2.39. The maximum absolute atomic E-state index is 6.42. The van der Waals surface area contributed by atoms with Gasteiger partial charge in [0.25, 0.3) is 0 Å². The van der Waals surface area contributed by atoms with Crippen molar-refractivity contribution in [2.75, 3.05) is 13.6 Å². The van der Waals surface area contributed by atoms with Crippen LogP contribution in [-0.2, 0) is 0 Å². The van der Waals surface area contributed by atoms with Crippen LogP contribution in [0.1, 0.15) is 50.6 Å². The fraction of sp³-hybridized carbons (Fsp3) is 0.625. The Kier molecular flexibility index (Phi) is 4.88. The first-order chi connectivity index (χ1) is 9.00. The average molecular weight is 281 g/mol. The van der Waals surface area contributed by atoms with E-state index >= 15 is 0 Å². The first kappa shape index (κ1) is 14.8. The van der Waals surface area contributed by atoms with Gasteiger partial charge in [0.2, 0.25) is 0 Å². The summed E-state index contributed by atoms with van der Waals surface area (Å²) in [5, 5.41) is 0.797. The lowest BCUT2D eigenvalue weighted by molar-refractivity contribution is 0.229. The quantitative estimate of drug-likeness (QED) is 0.883. The van der Waals surface area contributed by atoms with Crippen molar-refractivity contribution in [2.24, 2.45) is 5.73 Å². The molecule has 0 radical (unpaired) electrons. The van der Waals surface area contributed by atoms with E-state index in [1.807, 2.05) is 12.1 Å². The molecule has 1 aromatic rings. The largest absolute Gasteiger partial charge is 0.325 e. The minimum absolute atomic E-state index is 0.0912. The van der Waals surface area contributed by atoms with Crippen LogP contribution in [0.15, 0.2) is 24.3 Å². The Morgan fingerprint density at radius 2 is 1.84 bits per heavy atom. The van der Waals surface area contributed by atoms with E-state index < -0.39 is 0 Å². The summed E-state index contributed by atoms with van der Waals surface area (Å²) < 4.78 is 0. The van der Waals surface area contributed by atoms with Crippen molar-refractivity contribution in [3.63, 3.8) is 0 Å². The minimum atomic E-state index is 0.0912. The Morgan fingerprint density at radius 3 is 2.42 bits per heavy atom. The summed E-state index contributed by atoms with van der Waals surface area (Å²) in [5.74, 6) is 0. The van der Waals surface area contributed by atoms with Gasteiger partial charge in [-0.2, -0.15) is 0 Å². The van der Waals surface area contributed by atoms with E-state index in [2.05, 4.69) is 31.0 Å². The third-order valence-electron chi connectivity index (χ3n) is 4.58. The van der Waals surface area contributed by atoms with Crippen LogP contribution in [0.25, 0.3) is 0 Å². The van der Waals surface area contributed by atoms with E-state index in [1.54, 1.807) is 0 Å². The molecule has 0 saturated heterocycles. The van der Waals surface area contributed by atoms with Gasteiger partial charge in [-0.15, -0.1) is 0 Å². The zero-order valence-electron chi connectivity index (χ0n) is 12.0. The van der Waals surface area contributed by atoms with Crippen LogP contribution >= 0.6 is 11.6 Å². The highest BCUT2D eigenvalue weighted by Crippen LogP contribution is 2.31. The third kappa shape index (κ3) is 3.95. The van der Waals surface area contributed by atoms with Gasteiger partial charge in [-0.05, 0) is 50.9 Å². The molecule has 1 fully saturated rings. The first-order valence-corrected chi connectivity index (χ1v) is 7.63. The van der Waals surface area contributed by atoms with Crippen molar-refractivity contribution in [3.8, 4) is 0 Å². The number of nitrogens with two attached hydrogens (primary N) is 1. The monoisotopic (exact) mass is 280 g/mol. The van der Waals surface area contributed by atoms with Crippen molar-refractivity contribution >= 4 is 11.6 Å². The maximum Gasteiger partial charge on any atom is 0.0406 e. The Balaban J connectivity index is 1.88. The molecule has 0 aromatic heterocycles. The van der Waals surface area contributed by atoms with Crippen LogP contribution in [0.3, 0.4) is 0 Å². The lowest BCUT2D eigenvalue weighted by Crippen LogP contribution is -2.40.